The van der Waals surface area contributed by atoms with E-state index in [1.165, 1.54) is 0 Å². The van der Waals surface area contributed by atoms with Crippen molar-refractivity contribution < 1.29 is 9.47 Å². The summed E-state index contributed by atoms with van der Waals surface area (Å²) in [6.45, 7) is 8.18. The van der Waals surface area contributed by atoms with Crippen molar-refractivity contribution in [3.05, 3.63) is 23.8 Å². The van der Waals surface area contributed by atoms with E-state index in [0.717, 1.165) is 17.9 Å². The summed E-state index contributed by atoms with van der Waals surface area (Å²) in [5.74, 6) is 1.30. The standard InChI is InChI=1S/C13H21NO2/c1-10(2)9-15-6-7-16-13-8-11(3)4-5-12(13)14/h4-5,8,10H,6-7,9,14H2,1-3H3. The maximum absolute atomic E-state index is 5.79. The number of aryl methyl sites for hydroxylation is 1. The van der Waals surface area contributed by atoms with Crippen molar-refractivity contribution in [1.29, 1.82) is 0 Å². The van der Waals surface area contributed by atoms with E-state index in [1.54, 1.807) is 0 Å². The third kappa shape index (κ3) is 4.53. The Morgan fingerprint density at radius 3 is 2.69 bits per heavy atom. The molecule has 0 saturated heterocycles. The maximum atomic E-state index is 5.79. The summed E-state index contributed by atoms with van der Waals surface area (Å²) < 4.78 is 11.0. The highest BCUT2D eigenvalue weighted by Crippen LogP contribution is 2.22. The van der Waals surface area contributed by atoms with Gasteiger partial charge in [-0.05, 0) is 30.5 Å². The molecule has 0 unspecified atom stereocenters. The Morgan fingerprint density at radius 2 is 2.00 bits per heavy atom. The van der Waals surface area contributed by atoms with Crippen LogP contribution in [0.25, 0.3) is 0 Å². The summed E-state index contributed by atoms with van der Waals surface area (Å²) in [6, 6.07) is 5.77. The van der Waals surface area contributed by atoms with Crippen LogP contribution in [0, 0.1) is 12.8 Å². The third-order valence-electron chi connectivity index (χ3n) is 2.11. The third-order valence-corrected chi connectivity index (χ3v) is 2.11. The lowest BCUT2D eigenvalue weighted by Gasteiger charge is -2.10. The molecule has 2 N–H and O–H groups in total. The largest absolute Gasteiger partial charge is 0.489 e. The van der Waals surface area contributed by atoms with E-state index in [4.69, 9.17) is 15.2 Å². The van der Waals surface area contributed by atoms with Gasteiger partial charge >= 0.3 is 0 Å². The smallest absolute Gasteiger partial charge is 0.142 e. The predicted molar refractivity (Wildman–Crippen MR) is 66.7 cm³/mol. The second-order valence-corrected chi connectivity index (χ2v) is 4.36. The Balaban J connectivity index is 2.29. The molecule has 0 radical (unpaired) electrons. The average molecular weight is 223 g/mol. The topological polar surface area (TPSA) is 44.5 Å². The molecule has 3 heteroatoms. The first-order valence-electron chi connectivity index (χ1n) is 5.66. The zero-order valence-electron chi connectivity index (χ0n) is 10.3. The van der Waals surface area contributed by atoms with Gasteiger partial charge in [-0.3, -0.25) is 0 Å². The highest BCUT2D eigenvalue weighted by molar-refractivity contribution is 5.53. The van der Waals surface area contributed by atoms with Gasteiger partial charge in [0, 0.05) is 6.61 Å². The molecule has 0 spiro atoms. The molecule has 3 nitrogen and oxygen atoms in total. The van der Waals surface area contributed by atoms with Gasteiger partial charge in [-0.2, -0.15) is 0 Å². The first-order valence-corrected chi connectivity index (χ1v) is 5.66. The second kappa shape index (κ2) is 6.38. The number of hydrogen-bond donors (Lipinski definition) is 1. The highest BCUT2D eigenvalue weighted by atomic mass is 16.5. The van der Waals surface area contributed by atoms with Crippen molar-refractivity contribution in [2.75, 3.05) is 25.6 Å². The Morgan fingerprint density at radius 1 is 1.25 bits per heavy atom. The molecular weight excluding hydrogens is 202 g/mol. The van der Waals surface area contributed by atoms with Gasteiger partial charge in [-0.1, -0.05) is 19.9 Å². The van der Waals surface area contributed by atoms with Gasteiger partial charge in [0.2, 0.25) is 0 Å². The molecule has 0 aromatic heterocycles. The van der Waals surface area contributed by atoms with Gasteiger partial charge in [0.25, 0.3) is 0 Å². The summed E-state index contributed by atoms with van der Waals surface area (Å²) >= 11 is 0. The number of benzene rings is 1. The number of nitrogen functional groups attached to an aromatic ring is 1. The van der Waals surface area contributed by atoms with E-state index in [-0.39, 0.29) is 0 Å². The number of nitrogens with two attached hydrogens (primary N) is 1. The fraction of sp³-hybridized carbons (Fsp3) is 0.538. The van der Waals surface area contributed by atoms with Crippen LogP contribution in [-0.2, 0) is 4.74 Å². The van der Waals surface area contributed by atoms with E-state index in [9.17, 15) is 0 Å². The number of rotatable bonds is 6. The van der Waals surface area contributed by atoms with Gasteiger partial charge < -0.3 is 15.2 Å². The minimum atomic E-state index is 0.542. The summed E-state index contributed by atoms with van der Waals surface area (Å²) in [6.07, 6.45) is 0. The van der Waals surface area contributed by atoms with Crippen LogP contribution in [-0.4, -0.2) is 19.8 Å². The van der Waals surface area contributed by atoms with Crippen LogP contribution >= 0.6 is 0 Å². The quantitative estimate of drug-likeness (QED) is 0.595. The molecule has 0 aliphatic carbocycles. The van der Waals surface area contributed by atoms with Crippen LogP contribution in [0.4, 0.5) is 5.69 Å². The Kier molecular flexibility index (Phi) is 5.12. The van der Waals surface area contributed by atoms with Crippen molar-refractivity contribution in [3.63, 3.8) is 0 Å². The van der Waals surface area contributed by atoms with Crippen molar-refractivity contribution >= 4 is 5.69 Å². The summed E-state index contributed by atoms with van der Waals surface area (Å²) in [5.41, 5.74) is 7.61. The van der Waals surface area contributed by atoms with E-state index in [1.807, 2.05) is 25.1 Å². The molecule has 0 fully saturated rings. The number of ether oxygens (including phenoxy) is 2. The molecule has 90 valence electrons. The number of anilines is 1. The molecule has 0 saturated carbocycles. The molecule has 1 aromatic rings. The van der Waals surface area contributed by atoms with Crippen molar-refractivity contribution in [1.82, 2.24) is 0 Å². The van der Waals surface area contributed by atoms with E-state index < -0.39 is 0 Å². The Hall–Kier alpha value is -1.22. The Labute approximate surface area is 97.6 Å². The van der Waals surface area contributed by atoms with E-state index in [0.29, 0.717) is 24.8 Å². The number of hydrogen-bond acceptors (Lipinski definition) is 3. The first-order chi connectivity index (χ1) is 7.59. The van der Waals surface area contributed by atoms with Crippen LogP contribution in [0.2, 0.25) is 0 Å². The van der Waals surface area contributed by atoms with Gasteiger partial charge in [-0.15, -0.1) is 0 Å². The SMILES string of the molecule is Cc1ccc(N)c(OCCOCC(C)C)c1. The van der Waals surface area contributed by atoms with Gasteiger partial charge in [0.15, 0.2) is 0 Å². The summed E-state index contributed by atoms with van der Waals surface area (Å²) in [5, 5.41) is 0. The summed E-state index contributed by atoms with van der Waals surface area (Å²) in [4.78, 5) is 0. The van der Waals surface area contributed by atoms with Crippen molar-refractivity contribution in [3.8, 4) is 5.75 Å². The van der Waals surface area contributed by atoms with E-state index >= 15 is 0 Å². The molecule has 0 heterocycles. The Bertz CT molecular complexity index is 324. The van der Waals surface area contributed by atoms with Crippen LogP contribution in [0.3, 0.4) is 0 Å². The maximum Gasteiger partial charge on any atom is 0.142 e. The molecular formula is C13H21NO2. The van der Waals surface area contributed by atoms with E-state index in [2.05, 4.69) is 13.8 Å². The lowest BCUT2D eigenvalue weighted by atomic mass is 10.2. The molecule has 0 amide bonds. The van der Waals surface area contributed by atoms with Gasteiger partial charge in [-0.25, -0.2) is 0 Å². The van der Waals surface area contributed by atoms with Crippen LogP contribution < -0.4 is 10.5 Å². The van der Waals surface area contributed by atoms with Crippen molar-refractivity contribution in [2.24, 2.45) is 5.92 Å². The minimum Gasteiger partial charge on any atom is -0.489 e. The molecule has 1 rings (SSSR count). The predicted octanol–water partition coefficient (Wildman–Crippen LogP) is 2.63. The first kappa shape index (κ1) is 12.8. The zero-order valence-corrected chi connectivity index (χ0v) is 10.3. The zero-order chi connectivity index (χ0) is 12.0. The van der Waals surface area contributed by atoms with Crippen LogP contribution in [0.5, 0.6) is 5.75 Å². The molecule has 0 aliphatic heterocycles. The lowest BCUT2D eigenvalue weighted by molar-refractivity contribution is 0.0821. The minimum absolute atomic E-state index is 0.542. The second-order valence-electron chi connectivity index (χ2n) is 4.36. The molecule has 16 heavy (non-hydrogen) atoms. The summed E-state index contributed by atoms with van der Waals surface area (Å²) in [7, 11) is 0. The van der Waals surface area contributed by atoms with Gasteiger partial charge in [0.1, 0.15) is 12.4 Å². The fourth-order valence-corrected chi connectivity index (χ4v) is 1.30. The normalized spacial score (nSPS) is 10.8. The molecule has 0 atom stereocenters. The van der Waals surface area contributed by atoms with Crippen molar-refractivity contribution in [2.45, 2.75) is 20.8 Å². The molecule has 0 aliphatic rings. The average Bonchev–Trinajstić information content (AvgIpc) is 2.22. The molecule has 0 bridgehead atoms. The monoisotopic (exact) mass is 223 g/mol. The van der Waals surface area contributed by atoms with Crippen LogP contribution in [0.1, 0.15) is 19.4 Å². The molecule has 1 aromatic carbocycles. The van der Waals surface area contributed by atoms with Crippen LogP contribution in [0.15, 0.2) is 18.2 Å². The lowest BCUT2D eigenvalue weighted by Crippen LogP contribution is -2.10. The fourth-order valence-electron chi connectivity index (χ4n) is 1.30. The van der Waals surface area contributed by atoms with Gasteiger partial charge in [0.05, 0.1) is 12.3 Å². The highest BCUT2D eigenvalue weighted by Gasteiger charge is 2.00.